The average molecular weight is 302 g/mol. The fourth-order valence-corrected chi connectivity index (χ4v) is 2.76. The predicted octanol–water partition coefficient (Wildman–Crippen LogP) is 2.38. The van der Waals surface area contributed by atoms with Crippen LogP contribution < -0.4 is 4.73 Å². The lowest BCUT2D eigenvalue weighted by Crippen LogP contribution is -2.31. The van der Waals surface area contributed by atoms with Gasteiger partial charge in [0.15, 0.2) is 6.20 Å². The molecule has 0 saturated carbocycles. The second kappa shape index (κ2) is 7.13. The Kier molecular flexibility index (Phi) is 5.22. The average Bonchev–Trinajstić information content (AvgIpc) is 2.48. The molecular weight excluding hydrogens is 284 g/mol. The van der Waals surface area contributed by atoms with Crippen LogP contribution in [0.25, 0.3) is 0 Å². The second-order valence-electron chi connectivity index (χ2n) is 4.83. The van der Waals surface area contributed by atoms with Gasteiger partial charge < -0.3 is 10.1 Å². The normalized spacial score (nSPS) is 10.4. The Labute approximate surface area is 129 Å². The monoisotopic (exact) mass is 302 g/mol. The number of amides is 1. The van der Waals surface area contributed by atoms with Gasteiger partial charge in [-0.15, -0.1) is 0 Å². The summed E-state index contributed by atoms with van der Waals surface area (Å²) in [6.45, 7) is 2.62. The maximum Gasteiger partial charge on any atom is 0.251 e. The van der Waals surface area contributed by atoms with Crippen molar-refractivity contribution in [2.75, 3.05) is 12.8 Å². The number of benzene rings is 1. The molecule has 0 aliphatic rings. The number of rotatable bonds is 5. The molecule has 4 nitrogen and oxygen atoms in total. The standard InChI is InChI=1S/C16H18N2O2S/c1-13-7-3-4-8-14(13)11-17(2)15(19)12-21-16-9-5-6-10-18(16)20/h3-10H,11-12H2,1-2H3. The second-order valence-corrected chi connectivity index (χ2v) is 5.83. The van der Waals surface area contributed by atoms with Crippen LogP contribution in [-0.4, -0.2) is 23.6 Å². The van der Waals surface area contributed by atoms with Gasteiger partial charge in [-0.25, -0.2) is 0 Å². The van der Waals surface area contributed by atoms with Crippen LogP contribution in [0.5, 0.6) is 0 Å². The van der Waals surface area contributed by atoms with Crippen LogP contribution in [0, 0.1) is 12.1 Å². The van der Waals surface area contributed by atoms with E-state index < -0.39 is 0 Å². The number of thioether (sulfide) groups is 1. The maximum absolute atomic E-state index is 12.1. The molecule has 1 amide bonds. The summed E-state index contributed by atoms with van der Waals surface area (Å²) in [6, 6.07) is 13.2. The topological polar surface area (TPSA) is 47.2 Å². The molecule has 0 unspecified atom stereocenters. The van der Waals surface area contributed by atoms with Gasteiger partial charge in [0.2, 0.25) is 5.91 Å². The molecule has 2 aromatic rings. The number of hydrogen-bond acceptors (Lipinski definition) is 3. The van der Waals surface area contributed by atoms with Crippen LogP contribution in [0.3, 0.4) is 0 Å². The molecule has 0 saturated heterocycles. The Morgan fingerprint density at radius 2 is 1.95 bits per heavy atom. The van der Waals surface area contributed by atoms with Gasteiger partial charge in [-0.1, -0.05) is 24.3 Å². The van der Waals surface area contributed by atoms with Crippen molar-refractivity contribution < 1.29 is 9.52 Å². The molecule has 2 rings (SSSR count). The molecule has 0 aliphatic carbocycles. The van der Waals surface area contributed by atoms with Crippen molar-refractivity contribution in [3.05, 3.63) is 65.0 Å². The number of aromatic nitrogens is 1. The van der Waals surface area contributed by atoms with E-state index in [-0.39, 0.29) is 11.7 Å². The molecule has 1 aromatic carbocycles. The van der Waals surface area contributed by atoms with Crippen molar-refractivity contribution >= 4 is 17.7 Å². The Morgan fingerprint density at radius 1 is 1.24 bits per heavy atom. The molecule has 110 valence electrons. The lowest BCUT2D eigenvalue weighted by atomic mass is 10.1. The first kappa shape index (κ1) is 15.4. The van der Waals surface area contributed by atoms with E-state index in [4.69, 9.17) is 0 Å². The van der Waals surface area contributed by atoms with Gasteiger partial charge in [0.25, 0.3) is 5.03 Å². The van der Waals surface area contributed by atoms with Crippen LogP contribution in [0.2, 0.25) is 0 Å². The van der Waals surface area contributed by atoms with E-state index >= 15 is 0 Å². The van der Waals surface area contributed by atoms with Gasteiger partial charge >= 0.3 is 0 Å². The van der Waals surface area contributed by atoms with Gasteiger partial charge in [0, 0.05) is 25.7 Å². The number of pyridine rings is 1. The van der Waals surface area contributed by atoms with Crippen molar-refractivity contribution in [1.82, 2.24) is 4.90 Å². The predicted molar refractivity (Wildman–Crippen MR) is 83.8 cm³/mol. The lowest BCUT2D eigenvalue weighted by molar-refractivity contribution is -0.645. The molecule has 0 bridgehead atoms. The van der Waals surface area contributed by atoms with Gasteiger partial charge in [0.1, 0.15) is 0 Å². The highest BCUT2D eigenvalue weighted by molar-refractivity contribution is 7.99. The molecule has 1 aromatic heterocycles. The van der Waals surface area contributed by atoms with Crippen molar-refractivity contribution in [3.63, 3.8) is 0 Å². The first-order valence-electron chi connectivity index (χ1n) is 6.67. The smallest absolute Gasteiger partial charge is 0.251 e. The highest BCUT2D eigenvalue weighted by atomic mass is 32.2. The van der Waals surface area contributed by atoms with E-state index in [2.05, 4.69) is 0 Å². The molecular formula is C16H18N2O2S. The van der Waals surface area contributed by atoms with E-state index in [0.29, 0.717) is 11.6 Å². The van der Waals surface area contributed by atoms with E-state index in [1.54, 1.807) is 30.1 Å². The summed E-state index contributed by atoms with van der Waals surface area (Å²) in [6.07, 6.45) is 1.43. The highest BCUT2D eigenvalue weighted by Gasteiger charge is 2.13. The van der Waals surface area contributed by atoms with Crippen molar-refractivity contribution in [2.24, 2.45) is 0 Å². The molecule has 21 heavy (non-hydrogen) atoms. The van der Waals surface area contributed by atoms with Crippen molar-refractivity contribution in [2.45, 2.75) is 18.5 Å². The molecule has 1 heterocycles. The Bertz CT molecular complexity index is 631. The maximum atomic E-state index is 12.1. The Balaban J connectivity index is 1.91. The van der Waals surface area contributed by atoms with Crippen LogP contribution >= 0.6 is 11.8 Å². The summed E-state index contributed by atoms with van der Waals surface area (Å²) in [5.41, 5.74) is 2.31. The Hall–Kier alpha value is -2.01. The zero-order chi connectivity index (χ0) is 15.2. The van der Waals surface area contributed by atoms with Gasteiger partial charge in [-0.05, 0) is 35.9 Å². The van der Waals surface area contributed by atoms with Gasteiger partial charge in [-0.2, -0.15) is 4.73 Å². The van der Waals surface area contributed by atoms with Crippen molar-refractivity contribution in [3.8, 4) is 0 Å². The minimum atomic E-state index is 0.00658. The summed E-state index contributed by atoms with van der Waals surface area (Å²) in [5, 5.41) is 12.0. The number of carbonyl (C=O) groups is 1. The minimum Gasteiger partial charge on any atom is -0.618 e. The largest absolute Gasteiger partial charge is 0.618 e. The van der Waals surface area contributed by atoms with Crippen LogP contribution in [-0.2, 0) is 11.3 Å². The van der Waals surface area contributed by atoms with Gasteiger partial charge in [0.05, 0.1) is 5.75 Å². The molecule has 0 atom stereocenters. The fraction of sp³-hybridized carbons (Fsp3) is 0.250. The molecule has 5 heteroatoms. The number of nitrogens with zero attached hydrogens (tertiary/aromatic N) is 2. The van der Waals surface area contributed by atoms with Crippen molar-refractivity contribution in [1.29, 1.82) is 0 Å². The summed E-state index contributed by atoms with van der Waals surface area (Å²) in [7, 11) is 1.78. The quantitative estimate of drug-likeness (QED) is 0.484. The third kappa shape index (κ3) is 4.23. The van der Waals surface area contributed by atoms with Crippen LogP contribution in [0.4, 0.5) is 0 Å². The number of aryl methyl sites for hydroxylation is 1. The third-order valence-corrected chi connectivity index (χ3v) is 4.23. The summed E-state index contributed by atoms with van der Waals surface area (Å²) >= 11 is 1.26. The number of carbonyl (C=O) groups excluding carboxylic acids is 1. The molecule has 0 aliphatic heterocycles. The molecule has 0 radical (unpaired) electrons. The number of hydrogen-bond donors (Lipinski definition) is 0. The first-order chi connectivity index (χ1) is 10.1. The van der Waals surface area contributed by atoms with E-state index in [1.807, 2.05) is 31.2 Å². The highest BCUT2D eigenvalue weighted by Crippen LogP contribution is 2.15. The molecule has 0 spiro atoms. The first-order valence-corrected chi connectivity index (χ1v) is 7.66. The fourth-order valence-electron chi connectivity index (χ4n) is 1.90. The zero-order valence-electron chi connectivity index (χ0n) is 12.2. The van der Waals surface area contributed by atoms with E-state index in [0.717, 1.165) is 10.3 Å². The lowest BCUT2D eigenvalue weighted by Gasteiger charge is -2.18. The summed E-state index contributed by atoms with van der Waals surface area (Å²) in [4.78, 5) is 13.8. The Morgan fingerprint density at radius 3 is 2.67 bits per heavy atom. The molecule has 0 fully saturated rings. The summed E-state index contributed by atoms with van der Waals surface area (Å²) < 4.78 is 0.777. The van der Waals surface area contributed by atoms with E-state index in [9.17, 15) is 10.0 Å². The van der Waals surface area contributed by atoms with Crippen LogP contribution in [0.15, 0.2) is 53.7 Å². The summed E-state index contributed by atoms with van der Waals surface area (Å²) in [5.74, 6) is 0.265. The minimum absolute atomic E-state index is 0.00658. The molecule has 0 N–H and O–H groups in total. The van der Waals surface area contributed by atoms with Crippen LogP contribution in [0.1, 0.15) is 11.1 Å². The van der Waals surface area contributed by atoms with E-state index in [1.165, 1.54) is 23.5 Å². The SMILES string of the molecule is Cc1ccccc1CN(C)C(=O)CSc1cccc[n+]1[O-]. The third-order valence-electron chi connectivity index (χ3n) is 3.23. The zero-order valence-corrected chi connectivity index (χ0v) is 13.0. The van der Waals surface area contributed by atoms with Gasteiger partial charge in [-0.3, -0.25) is 4.79 Å².